The van der Waals surface area contributed by atoms with Crippen LogP contribution in [0.4, 0.5) is 0 Å². The van der Waals surface area contributed by atoms with E-state index in [1.165, 1.54) is 0 Å². The minimum Gasteiger partial charge on any atom is -0.493 e. The lowest BCUT2D eigenvalue weighted by molar-refractivity contribution is 0.170. The first-order valence-electron chi connectivity index (χ1n) is 9.74. The molecule has 30 heavy (non-hydrogen) atoms. The Morgan fingerprint density at radius 2 is 1.93 bits per heavy atom. The quantitative estimate of drug-likeness (QED) is 0.441. The summed E-state index contributed by atoms with van der Waals surface area (Å²) in [6, 6.07) is 7.45. The number of likely N-dealkylation sites (N-methyl/N-ethyl adjacent to an activating group) is 1. The zero-order chi connectivity index (χ0) is 21.3. The largest absolute Gasteiger partial charge is 0.493 e. The fraction of sp³-hybridized carbons (Fsp3) is 0.409. The number of methoxy groups -OCH3 is 3. The van der Waals surface area contributed by atoms with Crippen LogP contribution in [0.2, 0.25) is 0 Å². The highest BCUT2D eigenvalue weighted by Crippen LogP contribution is 2.50. The van der Waals surface area contributed by atoms with Gasteiger partial charge in [0, 0.05) is 30.1 Å². The molecule has 0 spiro atoms. The Hall–Kier alpha value is -3.13. The van der Waals surface area contributed by atoms with Crippen molar-refractivity contribution in [3.8, 4) is 28.7 Å². The minimum absolute atomic E-state index is 0.0582. The van der Waals surface area contributed by atoms with Gasteiger partial charge < -0.3 is 28.9 Å². The molecule has 0 unspecified atom stereocenters. The van der Waals surface area contributed by atoms with Crippen molar-refractivity contribution in [2.75, 3.05) is 41.7 Å². The van der Waals surface area contributed by atoms with Crippen molar-refractivity contribution >= 4 is 5.71 Å². The third-order valence-electron chi connectivity index (χ3n) is 5.77. The summed E-state index contributed by atoms with van der Waals surface area (Å²) in [6.07, 6.45) is 1.35. The van der Waals surface area contributed by atoms with E-state index in [2.05, 4.69) is 17.1 Å². The zero-order valence-electron chi connectivity index (χ0n) is 17.6. The highest BCUT2D eigenvalue weighted by atomic mass is 16.7. The Balaban J connectivity index is 1.73. The van der Waals surface area contributed by atoms with Gasteiger partial charge in [-0.1, -0.05) is 5.16 Å². The third kappa shape index (κ3) is 3.37. The Labute approximate surface area is 175 Å². The number of hydrogen-bond acceptors (Lipinski definition) is 8. The summed E-state index contributed by atoms with van der Waals surface area (Å²) in [6.45, 7) is 1.05. The van der Waals surface area contributed by atoms with Crippen LogP contribution >= 0.6 is 0 Å². The van der Waals surface area contributed by atoms with E-state index in [0.717, 1.165) is 29.7 Å². The fourth-order valence-corrected chi connectivity index (χ4v) is 4.20. The molecule has 0 amide bonds. The number of benzene rings is 2. The van der Waals surface area contributed by atoms with Gasteiger partial charge in [0.1, 0.15) is 0 Å². The Bertz CT molecular complexity index is 975. The molecular formula is C22H26N2O6. The molecule has 2 aromatic carbocycles. The predicted octanol–water partition coefficient (Wildman–Crippen LogP) is 3.24. The van der Waals surface area contributed by atoms with Gasteiger partial charge in [0.05, 0.1) is 27.0 Å². The molecule has 8 nitrogen and oxygen atoms in total. The molecule has 4 rings (SSSR count). The molecule has 2 aliphatic heterocycles. The van der Waals surface area contributed by atoms with Crippen molar-refractivity contribution in [1.82, 2.24) is 4.90 Å². The zero-order valence-corrected chi connectivity index (χ0v) is 17.6. The van der Waals surface area contributed by atoms with Gasteiger partial charge in [0.15, 0.2) is 23.0 Å². The molecule has 0 aliphatic carbocycles. The number of fused-ring (bicyclic) bond motifs is 2. The van der Waals surface area contributed by atoms with E-state index >= 15 is 0 Å². The first-order valence-corrected chi connectivity index (χ1v) is 9.74. The van der Waals surface area contributed by atoms with Crippen molar-refractivity contribution in [2.24, 2.45) is 5.16 Å². The molecule has 160 valence electrons. The van der Waals surface area contributed by atoms with Crippen LogP contribution in [0.5, 0.6) is 28.7 Å². The molecule has 8 heteroatoms. The predicted molar refractivity (Wildman–Crippen MR) is 111 cm³/mol. The second kappa shape index (κ2) is 8.31. The Morgan fingerprint density at radius 3 is 2.63 bits per heavy atom. The molecule has 0 saturated heterocycles. The summed E-state index contributed by atoms with van der Waals surface area (Å²) in [5.41, 5.74) is 3.50. The lowest BCUT2D eigenvalue weighted by atomic mass is 9.87. The molecule has 0 radical (unpaired) electrons. The van der Waals surface area contributed by atoms with E-state index in [4.69, 9.17) is 23.7 Å². The summed E-state index contributed by atoms with van der Waals surface area (Å²) in [4.78, 5) is 2.24. The van der Waals surface area contributed by atoms with Crippen LogP contribution in [-0.4, -0.2) is 57.5 Å². The third-order valence-corrected chi connectivity index (χ3v) is 5.77. The van der Waals surface area contributed by atoms with E-state index in [0.29, 0.717) is 40.9 Å². The molecule has 1 atom stereocenters. The fourth-order valence-electron chi connectivity index (χ4n) is 4.20. The molecule has 2 aromatic rings. The SMILES string of the molecule is COc1ccc(C(C[C@@H]2c3c(cc4c(c3OC)OCO4)CCN2C)=NO)cc1OC. The molecule has 2 aliphatic rings. The van der Waals surface area contributed by atoms with E-state index in [-0.39, 0.29) is 12.8 Å². The maximum atomic E-state index is 9.84. The topological polar surface area (TPSA) is 82.0 Å². The van der Waals surface area contributed by atoms with Gasteiger partial charge in [-0.05, 0) is 43.3 Å². The van der Waals surface area contributed by atoms with Crippen molar-refractivity contribution in [3.05, 3.63) is 41.0 Å². The average molecular weight is 414 g/mol. The highest BCUT2D eigenvalue weighted by Gasteiger charge is 2.35. The van der Waals surface area contributed by atoms with Crippen LogP contribution in [0.1, 0.15) is 29.2 Å². The lowest BCUT2D eigenvalue weighted by Gasteiger charge is -2.36. The van der Waals surface area contributed by atoms with E-state index < -0.39 is 0 Å². The Kier molecular flexibility index (Phi) is 5.59. The van der Waals surface area contributed by atoms with Crippen LogP contribution in [0.3, 0.4) is 0 Å². The maximum Gasteiger partial charge on any atom is 0.231 e. The normalized spacial score (nSPS) is 18.1. The molecular weight excluding hydrogens is 388 g/mol. The van der Waals surface area contributed by atoms with E-state index in [1.807, 2.05) is 18.2 Å². The van der Waals surface area contributed by atoms with Gasteiger partial charge in [0.2, 0.25) is 12.5 Å². The first kappa shape index (κ1) is 20.2. The molecule has 0 aromatic heterocycles. The van der Waals surface area contributed by atoms with Gasteiger partial charge in [-0.2, -0.15) is 0 Å². The molecule has 0 saturated carbocycles. The van der Waals surface area contributed by atoms with Gasteiger partial charge in [-0.15, -0.1) is 0 Å². The summed E-state index contributed by atoms with van der Waals surface area (Å²) < 4.78 is 27.7. The molecule has 0 fully saturated rings. The monoisotopic (exact) mass is 414 g/mol. The second-order valence-electron chi connectivity index (χ2n) is 7.28. The number of ether oxygens (including phenoxy) is 5. The summed E-state index contributed by atoms with van der Waals surface area (Å²) in [5.74, 6) is 3.22. The summed E-state index contributed by atoms with van der Waals surface area (Å²) >= 11 is 0. The van der Waals surface area contributed by atoms with Crippen molar-refractivity contribution in [1.29, 1.82) is 0 Å². The number of oxime groups is 1. The van der Waals surface area contributed by atoms with E-state index in [9.17, 15) is 5.21 Å². The van der Waals surface area contributed by atoms with Crippen molar-refractivity contribution in [3.63, 3.8) is 0 Å². The molecule has 2 heterocycles. The van der Waals surface area contributed by atoms with E-state index in [1.54, 1.807) is 27.4 Å². The number of hydrogen-bond donors (Lipinski definition) is 1. The molecule has 0 bridgehead atoms. The Morgan fingerprint density at radius 1 is 1.13 bits per heavy atom. The summed E-state index contributed by atoms with van der Waals surface area (Å²) in [7, 11) is 6.86. The van der Waals surface area contributed by atoms with Gasteiger partial charge in [-0.3, -0.25) is 4.90 Å². The smallest absolute Gasteiger partial charge is 0.231 e. The van der Waals surface area contributed by atoms with Crippen LogP contribution < -0.4 is 23.7 Å². The van der Waals surface area contributed by atoms with Gasteiger partial charge >= 0.3 is 0 Å². The molecule has 1 N–H and O–H groups in total. The standard InChI is InChI=1S/C22H26N2O6/c1-24-8-7-14-10-19-21(30-12-29-19)22(28-4)20(14)16(24)11-15(23-25)13-5-6-17(26-2)18(9-13)27-3/h5-6,9-10,16,25H,7-8,11-12H2,1-4H3/t16-/m1/s1. The van der Waals surface area contributed by atoms with Gasteiger partial charge in [0.25, 0.3) is 0 Å². The van der Waals surface area contributed by atoms with Crippen LogP contribution in [0.25, 0.3) is 0 Å². The highest BCUT2D eigenvalue weighted by molar-refractivity contribution is 6.01. The minimum atomic E-state index is -0.0582. The number of rotatable bonds is 6. The van der Waals surface area contributed by atoms with Crippen molar-refractivity contribution < 1.29 is 28.9 Å². The van der Waals surface area contributed by atoms with Crippen LogP contribution in [0, 0.1) is 0 Å². The lowest BCUT2D eigenvalue weighted by Crippen LogP contribution is -2.34. The number of nitrogens with zero attached hydrogens (tertiary/aromatic N) is 2. The van der Waals surface area contributed by atoms with Crippen LogP contribution in [0.15, 0.2) is 29.4 Å². The average Bonchev–Trinajstić information content (AvgIpc) is 3.25. The van der Waals surface area contributed by atoms with Gasteiger partial charge in [-0.25, -0.2) is 0 Å². The first-order chi connectivity index (χ1) is 14.6. The van der Waals surface area contributed by atoms with Crippen LogP contribution in [-0.2, 0) is 6.42 Å². The maximum absolute atomic E-state index is 9.84. The van der Waals surface area contributed by atoms with Crippen molar-refractivity contribution in [2.45, 2.75) is 18.9 Å². The second-order valence-corrected chi connectivity index (χ2v) is 7.28. The summed E-state index contributed by atoms with van der Waals surface area (Å²) in [5, 5.41) is 13.5.